The Morgan fingerprint density at radius 2 is 1.74 bits per heavy atom. The number of nitrogens with one attached hydrogen (secondary N) is 2. The first-order valence-corrected chi connectivity index (χ1v) is 6.95. The second-order valence-electron chi connectivity index (χ2n) is 4.70. The number of carbonyl (C=O) groups is 2. The van der Waals surface area contributed by atoms with Crippen LogP contribution in [-0.2, 0) is 0 Å². The summed E-state index contributed by atoms with van der Waals surface area (Å²) >= 11 is 0. The van der Waals surface area contributed by atoms with Crippen LogP contribution in [0.3, 0.4) is 0 Å². The van der Waals surface area contributed by atoms with Gasteiger partial charge in [-0.2, -0.15) is 0 Å². The molecule has 0 aromatic heterocycles. The minimum absolute atomic E-state index is 0.0835. The first-order chi connectivity index (χ1) is 11.0. The minimum atomic E-state index is -0.530. The smallest absolute Gasteiger partial charge is 0.269 e. The number of hydrogen-bond donors (Lipinski definition) is 2. The molecule has 0 heterocycles. The zero-order valence-electron chi connectivity index (χ0n) is 12.4. The summed E-state index contributed by atoms with van der Waals surface area (Å²) in [5.41, 5.74) is 1.12. The lowest BCUT2D eigenvalue weighted by Gasteiger charge is -2.07. The lowest BCUT2D eigenvalue weighted by molar-refractivity contribution is -0.384. The normalized spacial score (nSPS) is 9.96. The molecule has 0 bridgehead atoms. The van der Waals surface area contributed by atoms with Gasteiger partial charge in [-0.25, -0.2) is 0 Å². The molecule has 0 aliphatic heterocycles. The van der Waals surface area contributed by atoms with Crippen LogP contribution in [0.25, 0.3) is 0 Å². The quantitative estimate of drug-likeness (QED) is 0.654. The first kappa shape index (κ1) is 16.2. The van der Waals surface area contributed by atoms with Gasteiger partial charge in [0.2, 0.25) is 0 Å². The predicted molar refractivity (Wildman–Crippen MR) is 85.5 cm³/mol. The van der Waals surface area contributed by atoms with Crippen molar-refractivity contribution in [1.82, 2.24) is 5.32 Å². The zero-order chi connectivity index (χ0) is 16.8. The van der Waals surface area contributed by atoms with Crippen LogP contribution in [0, 0.1) is 10.1 Å². The molecule has 0 radical (unpaired) electrons. The second-order valence-corrected chi connectivity index (χ2v) is 4.70. The summed E-state index contributed by atoms with van der Waals surface area (Å²) in [6.45, 7) is 2.33. The van der Waals surface area contributed by atoms with Crippen molar-refractivity contribution < 1.29 is 14.5 Å². The maximum atomic E-state index is 12.1. The molecule has 0 atom stereocenters. The Labute approximate surface area is 132 Å². The van der Waals surface area contributed by atoms with E-state index < -0.39 is 10.8 Å². The van der Waals surface area contributed by atoms with E-state index in [-0.39, 0.29) is 11.6 Å². The highest BCUT2D eigenvalue weighted by Crippen LogP contribution is 2.15. The van der Waals surface area contributed by atoms with Gasteiger partial charge in [-0.3, -0.25) is 19.7 Å². The molecule has 2 aromatic rings. The summed E-state index contributed by atoms with van der Waals surface area (Å²) in [5.74, 6) is -0.633. The Hall–Kier alpha value is -3.22. The number of amides is 2. The largest absolute Gasteiger partial charge is 0.352 e. The monoisotopic (exact) mass is 313 g/mol. The van der Waals surface area contributed by atoms with Crippen LogP contribution in [0.15, 0.2) is 48.5 Å². The Kier molecular flexibility index (Phi) is 5.03. The number of hydrogen-bond acceptors (Lipinski definition) is 4. The number of rotatable bonds is 5. The van der Waals surface area contributed by atoms with E-state index in [0.29, 0.717) is 23.4 Å². The molecule has 7 heteroatoms. The molecule has 2 amide bonds. The maximum absolute atomic E-state index is 12.1. The molecule has 0 spiro atoms. The van der Waals surface area contributed by atoms with E-state index in [9.17, 15) is 19.7 Å². The third-order valence-corrected chi connectivity index (χ3v) is 3.06. The molecule has 2 N–H and O–H groups in total. The highest BCUT2D eigenvalue weighted by molar-refractivity contribution is 6.05. The topological polar surface area (TPSA) is 101 Å². The van der Waals surface area contributed by atoms with Crippen molar-refractivity contribution in [2.75, 3.05) is 11.9 Å². The average molecular weight is 313 g/mol. The summed E-state index contributed by atoms with van der Waals surface area (Å²) in [6.07, 6.45) is 0. The molecular weight excluding hydrogens is 298 g/mol. The van der Waals surface area contributed by atoms with Crippen molar-refractivity contribution in [3.05, 3.63) is 69.8 Å². The molecule has 7 nitrogen and oxygen atoms in total. The molecule has 0 unspecified atom stereocenters. The lowest BCUT2D eigenvalue weighted by Crippen LogP contribution is -2.22. The molecule has 0 aliphatic carbocycles. The molecule has 0 saturated heterocycles. The number of nitrogens with zero attached hydrogens (tertiary/aromatic N) is 1. The Balaban J connectivity index is 2.12. The SMILES string of the molecule is CCNC(=O)c1cccc(NC(=O)c2ccc([N+](=O)[O-])cc2)c1. The third kappa shape index (κ3) is 4.13. The van der Waals surface area contributed by atoms with E-state index >= 15 is 0 Å². The van der Waals surface area contributed by atoms with E-state index in [4.69, 9.17) is 0 Å². The van der Waals surface area contributed by atoms with Crippen LogP contribution >= 0.6 is 0 Å². The van der Waals surface area contributed by atoms with Gasteiger partial charge in [0.05, 0.1) is 4.92 Å². The maximum Gasteiger partial charge on any atom is 0.269 e. The molecular formula is C16H15N3O4. The van der Waals surface area contributed by atoms with Gasteiger partial charge in [-0.05, 0) is 37.3 Å². The van der Waals surface area contributed by atoms with Gasteiger partial charge in [0, 0.05) is 35.5 Å². The van der Waals surface area contributed by atoms with Crippen LogP contribution in [0.1, 0.15) is 27.6 Å². The molecule has 2 rings (SSSR count). The first-order valence-electron chi connectivity index (χ1n) is 6.95. The van der Waals surface area contributed by atoms with Gasteiger partial charge in [0.25, 0.3) is 17.5 Å². The standard InChI is InChI=1S/C16H15N3O4/c1-2-17-15(20)12-4-3-5-13(10-12)18-16(21)11-6-8-14(9-7-11)19(22)23/h3-10H,2H2,1H3,(H,17,20)(H,18,21). The van der Waals surface area contributed by atoms with Crippen molar-refractivity contribution in [2.45, 2.75) is 6.92 Å². The fourth-order valence-electron chi connectivity index (χ4n) is 1.94. The summed E-state index contributed by atoms with van der Waals surface area (Å²) in [7, 11) is 0. The molecule has 0 fully saturated rings. The van der Waals surface area contributed by atoms with Gasteiger partial charge in [0.1, 0.15) is 0 Å². The Morgan fingerprint density at radius 1 is 1.04 bits per heavy atom. The molecule has 2 aromatic carbocycles. The lowest BCUT2D eigenvalue weighted by atomic mass is 10.1. The van der Waals surface area contributed by atoms with Gasteiger partial charge in [-0.15, -0.1) is 0 Å². The summed E-state index contributed by atoms with van der Waals surface area (Å²) in [6, 6.07) is 11.8. The van der Waals surface area contributed by atoms with Crippen LogP contribution in [0.2, 0.25) is 0 Å². The number of non-ortho nitro benzene ring substituents is 1. The summed E-state index contributed by atoms with van der Waals surface area (Å²) in [4.78, 5) is 34.0. The zero-order valence-corrected chi connectivity index (χ0v) is 12.4. The predicted octanol–water partition coefficient (Wildman–Crippen LogP) is 2.60. The van der Waals surface area contributed by atoms with Crippen molar-refractivity contribution in [3.63, 3.8) is 0 Å². The van der Waals surface area contributed by atoms with Gasteiger partial charge in [0.15, 0.2) is 0 Å². The van der Waals surface area contributed by atoms with E-state index in [1.165, 1.54) is 24.3 Å². The number of carbonyl (C=O) groups excluding carboxylic acids is 2. The molecule has 118 valence electrons. The van der Waals surface area contributed by atoms with E-state index in [0.717, 1.165) is 0 Å². The fourth-order valence-corrected chi connectivity index (χ4v) is 1.94. The number of nitro groups is 1. The molecule has 0 saturated carbocycles. The minimum Gasteiger partial charge on any atom is -0.352 e. The van der Waals surface area contributed by atoms with Gasteiger partial charge in [-0.1, -0.05) is 6.07 Å². The molecule has 0 aliphatic rings. The van der Waals surface area contributed by atoms with Crippen molar-refractivity contribution >= 4 is 23.2 Å². The highest BCUT2D eigenvalue weighted by atomic mass is 16.6. The average Bonchev–Trinajstić information content (AvgIpc) is 2.55. The van der Waals surface area contributed by atoms with Crippen LogP contribution in [0.5, 0.6) is 0 Å². The van der Waals surface area contributed by atoms with Crippen molar-refractivity contribution in [3.8, 4) is 0 Å². The van der Waals surface area contributed by atoms with Crippen LogP contribution < -0.4 is 10.6 Å². The number of nitro benzene ring substituents is 1. The van der Waals surface area contributed by atoms with E-state index in [1.807, 2.05) is 6.92 Å². The molecule has 23 heavy (non-hydrogen) atoms. The van der Waals surface area contributed by atoms with Crippen molar-refractivity contribution in [1.29, 1.82) is 0 Å². The van der Waals surface area contributed by atoms with Crippen molar-refractivity contribution in [2.24, 2.45) is 0 Å². The number of anilines is 1. The third-order valence-electron chi connectivity index (χ3n) is 3.06. The van der Waals surface area contributed by atoms with Gasteiger partial charge < -0.3 is 10.6 Å². The van der Waals surface area contributed by atoms with E-state index in [1.54, 1.807) is 24.3 Å². The Morgan fingerprint density at radius 3 is 2.35 bits per heavy atom. The van der Waals surface area contributed by atoms with Crippen LogP contribution in [0.4, 0.5) is 11.4 Å². The summed E-state index contributed by atoms with van der Waals surface area (Å²) < 4.78 is 0. The fraction of sp³-hybridized carbons (Fsp3) is 0.125. The number of benzene rings is 2. The van der Waals surface area contributed by atoms with Crippen LogP contribution in [-0.4, -0.2) is 23.3 Å². The summed E-state index contributed by atoms with van der Waals surface area (Å²) in [5, 5.41) is 15.9. The van der Waals surface area contributed by atoms with Gasteiger partial charge >= 0.3 is 0 Å². The van der Waals surface area contributed by atoms with E-state index in [2.05, 4.69) is 10.6 Å². The second kappa shape index (κ2) is 7.17. The Bertz CT molecular complexity index is 741. The highest BCUT2D eigenvalue weighted by Gasteiger charge is 2.11.